The normalized spacial score (nSPS) is 16.4. The maximum atomic E-state index is 13.7. The molecule has 0 spiro atoms. The van der Waals surface area contributed by atoms with Gasteiger partial charge in [-0.1, -0.05) is 6.08 Å². The number of nitrogens with zero attached hydrogens (tertiary/aromatic N) is 1. The molecule has 1 aromatic rings. The zero-order chi connectivity index (χ0) is 13.3. The molecular weight excluding hydrogens is 233 g/mol. The SMILES string of the molecule is CN1CC=C(c2cc(F)c(N)c(C(N)=O)c2)CC1. The van der Waals surface area contributed by atoms with Gasteiger partial charge in [0.1, 0.15) is 5.82 Å². The van der Waals surface area contributed by atoms with Gasteiger partial charge in [-0.05, 0) is 36.7 Å². The molecule has 2 rings (SSSR count). The predicted molar refractivity (Wildman–Crippen MR) is 69.4 cm³/mol. The van der Waals surface area contributed by atoms with Crippen molar-refractivity contribution in [1.29, 1.82) is 0 Å². The van der Waals surface area contributed by atoms with Crippen molar-refractivity contribution in [3.05, 3.63) is 35.2 Å². The summed E-state index contributed by atoms with van der Waals surface area (Å²) >= 11 is 0. The standard InChI is InChI=1S/C13H16FN3O/c1-17-4-2-8(3-5-17)9-6-10(13(16)18)12(15)11(14)7-9/h2,6-7H,3-5,15H2,1H3,(H2,16,18). The molecule has 1 heterocycles. The topological polar surface area (TPSA) is 72.3 Å². The Morgan fingerprint density at radius 1 is 1.44 bits per heavy atom. The number of halogens is 1. The molecule has 4 N–H and O–H groups in total. The fraction of sp³-hybridized carbons (Fsp3) is 0.308. The molecule has 0 atom stereocenters. The van der Waals surface area contributed by atoms with E-state index in [-0.39, 0.29) is 11.3 Å². The van der Waals surface area contributed by atoms with Gasteiger partial charge in [-0.15, -0.1) is 0 Å². The van der Waals surface area contributed by atoms with Crippen LogP contribution < -0.4 is 11.5 Å². The Morgan fingerprint density at radius 2 is 2.17 bits per heavy atom. The number of anilines is 1. The van der Waals surface area contributed by atoms with Gasteiger partial charge in [0.2, 0.25) is 0 Å². The number of amides is 1. The maximum absolute atomic E-state index is 13.7. The Morgan fingerprint density at radius 3 is 2.72 bits per heavy atom. The van der Waals surface area contributed by atoms with E-state index in [9.17, 15) is 9.18 Å². The Balaban J connectivity index is 2.43. The molecule has 0 aliphatic carbocycles. The van der Waals surface area contributed by atoms with Crippen LogP contribution in [0, 0.1) is 5.82 Å². The molecule has 0 saturated heterocycles. The lowest BCUT2D eigenvalue weighted by molar-refractivity contribution is 0.100. The highest BCUT2D eigenvalue weighted by Crippen LogP contribution is 2.27. The number of nitrogens with two attached hydrogens (primary N) is 2. The van der Waals surface area contributed by atoms with E-state index in [1.54, 1.807) is 6.07 Å². The number of rotatable bonds is 2. The zero-order valence-corrected chi connectivity index (χ0v) is 10.2. The average Bonchev–Trinajstić information content (AvgIpc) is 2.33. The summed E-state index contributed by atoms with van der Waals surface area (Å²) in [6.07, 6.45) is 2.84. The summed E-state index contributed by atoms with van der Waals surface area (Å²) in [5, 5.41) is 0. The highest BCUT2D eigenvalue weighted by molar-refractivity contribution is 5.99. The smallest absolute Gasteiger partial charge is 0.250 e. The minimum atomic E-state index is -0.707. The van der Waals surface area contributed by atoms with E-state index in [2.05, 4.69) is 4.90 Å². The van der Waals surface area contributed by atoms with Crippen molar-refractivity contribution in [3.63, 3.8) is 0 Å². The molecule has 4 nitrogen and oxygen atoms in total. The first kappa shape index (κ1) is 12.6. The quantitative estimate of drug-likeness (QED) is 0.774. The van der Waals surface area contributed by atoms with E-state index in [4.69, 9.17) is 11.5 Å². The van der Waals surface area contributed by atoms with E-state index >= 15 is 0 Å². The van der Waals surface area contributed by atoms with Gasteiger partial charge < -0.3 is 16.4 Å². The number of hydrogen-bond donors (Lipinski definition) is 2. The summed E-state index contributed by atoms with van der Waals surface area (Å²) in [5.41, 5.74) is 12.3. The lowest BCUT2D eigenvalue weighted by atomic mass is 9.96. The Bertz CT molecular complexity index is 525. The highest BCUT2D eigenvalue weighted by atomic mass is 19.1. The third-order valence-corrected chi connectivity index (χ3v) is 3.18. The first-order chi connectivity index (χ1) is 8.49. The summed E-state index contributed by atoms with van der Waals surface area (Å²) in [6.45, 7) is 1.72. The number of nitrogen functional groups attached to an aromatic ring is 1. The molecule has 0 aromatic heterocycles. The fourth-order valence-corrected chi connectivity index (χ4v) is 2.04. The van der Waals surface area contributed by atoms with Crippen LogP contribution >= 0.6 is 0 Å². The van der Waals surface area contributed by atoms with Crippen LogP contribution in [0.2, 0.25) is 0 Å². The molecule has 18 heavy (non-hydrogen) atoms. The highest BCUT2D eigenvalue weighted by Gasteiger charge is 2.16. The molecule has 5 heteroatoms. The minimum Gasteiger partial charge on any atom is -0.396 e. The zero-order valence-electron chi connectivity index (χ0n) is 10.2. The fourth-order valence-electron chi connectivity index (χ4n) is 2.04. The maximum Gasteiger partial charge on any atom is 0.250 e. The summed E-state index contributed by atoms with van der Waals surface area (Å²) in [4.78, 5) is 13.4. The van der Waals surface area contributed by atoms with Crippen molar-refractivity contribution in [2.24, 2.45) is 5.73 Å². The van der Waals surface area contributed by atoms with Crippen LogP contribution in [0.3, 0.4) is 0 Å². The lowest BCUT2D eigenvalue weighted by Gasteiger charge is -2.22. The second kappa shape index (κ2) is 4.78. The largest absolute Gasteiger partial charge is 0.396 e. The van der Waals surface area contributed by atoms with Crippen LogP contribution in [0.5, 0.6) is 0 Å². The van der Waals surface area contributed by atoms with Gasteiger partial charge in [0, 0.05) is 13.1 Å². The van der Waals surface area contributed by atoms with E-state index in [1.807, 2.05) is 13.1 Å². The monoisotopic (exact) mass is 249 g/mol. The second-order valence-corrected chi connectivity index (χ2v) is 4.53. The number of benzene rings is 1. The summed E-state index contributed by atoms with van der Waals surface area (Å²) in [7, 11) is 2.02. The molecule has 0 unspecified atom stereocenters. The van der Waals surface area contributed by atoms with Gasteiger partial charge in [-0.25, -0.2) is 4.39 Å². The molecular formula is C13H16FN3O. The molecule has 1 amide bonds. The molecule has 1 aromatic carbocycles. The Kier molecular flexibility index (Phi) is 3.34. The van der Waals surface area contributed by atoms with Gasteiger partial charge in [0.15, 0.2) is 0 Å². The van der Waals surface area contributed by atoms with Crippen LogP contribution in [-0.4, -0.2) is 30.9 Å². The first-order valence-corrected chi connectivity index (χ1v) is 5.76. The minimum absolute atomic E-state index is 0.0461. The molecule has 1 aliphatic rings. The van der Waals surface area contributed by atoms with Crippen LogP contribution in [0.1, 0.15) is 22.3 Å². The van der Waals surface area contributed by atoms with Crippen LogP contribution in [0.25, 0.3) is 5.57 Å². The molecule has 0 radical (unpaired) electrons. The van der Waals surface area contributed by atoms with Gasteiger partial charge in [0.05, 0.1) is 11.3 Å². The van der Waals surface area contributed by atoms with Crippen LogP contribution in [0.4, 0.5) is 10.1 Å². The van der Waals surface area contributed by atoms with Crippen LogP contribution in [-0.2, 0) is 0 Å². The molecule has 1 aliphatic heterocycles. The molecule has 0 bridgehead atoms. The van der Waals surface area contributed by atoms with Crippen molar-refractivity contribution >= 4 is 17.2 Å². The van der Waals surface area contributed by atoms with Crippen molar-refractivity contribution in [1.82, 2.24) is 4.90 Å². The lowest BCUT2D eigenvalue weighted by Crippen LogP contribution is -2.24. The average molecular weight is 249 g/mol. The number of hydrogen-bond acceptors (Lipinski definition) is 3. The van der Waals surface area contributed by atoms with Gasteiger partial charge in [-0.2, -0.15) is 0 Å². The first-order valence-electron chi connectivity index (χ1n) is 5.76. The van der Waals surface area contributed by atoms with Crippen LogP contribution in [0.15, 0.2) is 18.2 Å². The van der Waals surface area contributed by atoms with Gasteiger partial charge in [-0.3, -0.25) is 4.79 Å². The Hall–Kier alpha value is -1.88. The van der Waals surface area contributed by atoms with E-state index in [0.29, 0.717) is 5.56 Å². The van der Waals surface area contributed by atoms with Crippen molar-refractivity contribution < 1.29 is 9.18 Å². The molecule has 0 fully saturated rings. The van der Waals surface area contributed by atoms with Crippen molar-refractivity contribution in [3.8, 4) is 0 Å². The number of primary amides is 1. The van der Waals surface area contributed by atoms with Crippen molar-refractivity contribution in [2.75, 3.05) is 25.9 Å². The molecule has 0 saturated carbocycles. The van der Waals surface area contributed by atoms with E-state index < -0.39 is 11.7 Å². The van der Waals surface area contributed by atoms with Gasteiger partial charge in [0.25, 0.3) is 5.91 Å². The summed E-state index contributed by atoms with van der Waals surface area (Å²) < 4.78 is 13.7. The summed E-state index contributed by atoms with van der Waals surface area (Å²) in [5.74, 6) is -1.30. The third-order valence-electron chi connectivity index (χ3n) is 3.18. The number of likely N-dealkylation sites (N-methyl/N-ethyl adjacent to an activating group) is 1. The second-order valence-electron chi connectivity index (χ2n) is 4.53. The number of carbonyl (C=O) groups is 1. The summed E-state index contributed by atoms with van der Waals surface area (Å²) in [6, 6.07) is 2.93. The molecule has 96 valence electrons. The number of carbonyl (C=O) groups excluding carboxylic acids is 1. The van der Waals surface area contributed by atoms with E-state index in [1.165, 1.54) is 6.07 Å². The Labute approximate surface area is 105 Å². The third kappa shape index (κ3) is 2.36. The van der Waals surface area contributed by atoms with E-state index in [0.717, 1.165) is 25.1 Å². The van der Waals surface area contributed by atoms with Gasteiger partial charge >= 0.3 is 0 Å². The predicted octanol–water partition coefficient (Wildman–Crippen LogP) is 1.23. The van der Waals surface area contributed by atoms with Crippen molar-refractivity contribution in [2.45, 2.75) is 6.42 Å².